The fourth-order valence-corrected chi connectivity index (χ4v) is 4.13. The van der Waals surface area contributed by atoms with Gasteiger partial charge >= 0.3 is 0 Å². The van der Waals surface area contributed by atoms with Crippen molar-refractivity contribution in [2.45, 2.75) is 38.9 Å². The molecular formula is C23H27NSi. The number of hydrogen-bond donors (Lipinski definition) is 0. The van der Waals surface area contributed by atoms with Gasteiger partial charge in [0.05, 0.1) is 13.8 Å². The molecule has 0 aliphatic rings. The molecule has 0 saturated carbocycles. The fraction of sp³-hybridized carbons (Fsp3) is 0.261. The van der Waals surface area contributed by atoms with Crippen LogP contribution in [0.5, 0.6) is 0 Å². The Morgan fingerprint density at radius 2 is 1.44 bits per heavy atom. The molecule has 0 aliphatic carbocycles. The molecule has 0 N–H and O–H groups in total. The van der Waals surface area contributed by atoms with Crippen LogP contribution in [0.15, 0.2) is 72.9 Å². The average Bonchev–Trinajstić information content (AvgIpc) is 2.62. The van der Waals surface area contributed by atoms with E-state index in [0.717, 1.165) is 5.69 Å². The van der Waals surface area contributed by atoms with E-state index in [-0.39, 0.29) is 5.41 Å². The highest BCUT2D eigenvalue weighted by Crippen LogP contribution is 2.33. The first-order valence-electron chi connectivity index (χ1n) is 8.91. The molecule has 0 saturated heterocycles. The van der Waals surface area contributed by atoms with Crippen molar-refractivity contribution in [3.63, 3.8) is 0 Å². The maximum absolute atomic E-state index is 4.75. The Morgan fingerprint density at radius 1 is 0.760 bits per heavy atom. The van der Waals surface area contributed by atoms with Crippen LogP contribution in [0.4, 0.5) is 0 Å². The van der Waals surface area contributed by atoms with Gasteiger partial charge in [-0.2, -0.15) is 0 Å². The van der Waals surface area contributed by atoms with Crippen LogP contribution in [0.1, 0.15) is 25.0 Å². The molecule has 2 aromatic carbocycles. The second-order valence-corrected chi connectivity index (χ2v) is 13.3. The van der Waals surface area contributed by atoms with Crippen LogP contribution in [0, 0.1) is 0 Å². The van der Waals surface area contributed by atoms with Gasteiger partial charge in [-0.1, -0.05) is 88.1 Å². The Bertz CT molecular complexity index is 843. The monoisotopic (exact) mass is 345 g/mol. The Hall–Kier alpha value is -2.19. The van der Waals surface area contributed by atoms with Crippen LogP contribution in [0.3, 0.4) is 0 Å². The first kappa shape index (κ1) is 17.6. The predicted molar refractivity (Wildman–Crippen MR) is 111 cm³/mol. The minimum Gasteiger partial charge on any atom is -0.256 e. The van der Waals surface area contributed by atoms with Gasteiger partial charge in [0.2, 0.25) is 0 Å². The van der Waals surface area contributed by atoms with E-state index < -0.39 is 8.07 Å². The van der Waals surface area contributed by atoms with Crippen molar-refractivity contribution in [2.75, 3.05) is 0 Å². The van der Waals surface area contributed by atoms with Crippen molar-refractivity contribution >= 4 is 13.3 Å². The van der Waals surface area contributed by atoms with E-state index in [9.17, 15) is 0 Å². The number of rotatable bonds is 4. The van der Waals surface area contributed by atoms with E-state index in [1.807, 2.05) is 0 Å². The fourth-order valence-electron chi connectivity index (χ4n) is 3.10. The van der Waals surface area contributed by atoms with E-state index in [1.54, 1.807) is 0 Å². The number of benzene rings is 2. The zero-order chi connectivity index (χ0) is 18.1. The molecule has 0 spiro atoms. The zero-order valence-electron chi connectivity index (χ0n) is 15.9. The molecule has 128 valence electrons. The number of hydrogen-bond acceptors (Lipinski definition) is 1. The molecule has 3 aromatic rings. The summed E-state index contributed by atoms with van der Waals surface area (Å²) in [5.41, 5.74) is 4.84. The van der Waals surface area contributed by atoms with Gasteiger partial charge < -0.3 is 0 Å². The van der Waals surface area contributed by atoms with E-state index in [1.165, 1.54) is 21.9 Å². The second kappa shape index (κ2) is 6.60. The quantitative estimate of drug-likeness (QED) is 0.559. The van der Waals surface area contributed by atoms with Gasteiger partial charge in [-0.25, -0.2) is 0 Å². The van der Waals surface area contributed by atoms with Crippen molar-refractivity contribution in [3.05, 3.63) is 84.1 Å². The summed E-state index contributed by atoms with van der Waals surface area (Å²) in [5.74, 6) is 0. The SMILES string of the molecule is CC(C)(c1ccccc1)c1cccc(-c2ccc([Si](C)(C)C)cn2)c1. The van der Waals surface area contributed by atoms with Crippen molar-refractivity contribution in [1.82, 2.24) is 4.98 Å². The first-order valence-corrected chi connectivity index (χ1v) is 12.4. The van der Waals surface area contributed by atoms with Crippen LogP contribution in [-0.2, 0) is 5.41 Å². The largest absolute Gasteiger partial charge is 0.256 e. The van der Waals surface area contributed by atoms with Gasteiger partial charge in [0.1, 0.15) is 0 Å². The van der Waals surface area contributed by atoms with Crippen LogP contribution >= 0.6 is 0 Å². The molecule has 0 amide bonds. The molecule has 1 aromatic heterocycles. The normalized spacial score (nSPS) is 12.2. The zero-order valence-corrected chi connectivity index (χ0v) is 16.9. The molecule has 3 rings (SSSR count). The lowest BCUT2D eigenvalue weighted by molar-refractivity contribution is 0.641. The lowest BCUT2D eigenvalue weighted by Gasteiger charge is -2.26. The molecule has 25 heavy (non-hydrogen) atoms. The predicted octanol–water partition coefficient (Wildman–Crippen LogP) is 5.62. The highest BCUT2D eigenvalue weighted by molar-refractivity contribution is 6.88. The maximum atomic E-state index is 4.75. The smallest absolute Gasteiger partial charge is 0.0796 e. The van der Waals surface area contributed by atoms with E-state index >= 15 is 0 Å². The summed E-state index contributed by atoms with van der Waals surface area (Å²) in [6.07, 6.45) is 2.07. The van der Waals surface area contributed by atoms with Crippen LogP contribution < -0.4 is 5.19 Å². The van der Waals surface area contributed by atoms with Gasteiger partial charge in [0.15, 0.2) is 0 Å². The molecular weight excluding hydrogens is 318 g/mol. The molecule has 0 radical (unpaired) electrons. The Kier molecular flexibility index (Phi) is 4.66. The highest BCUT2D eigenvalue weighted by atomic mass is 28.3. The van der Waals surface area contributed by atoms with Crippen LogP contribution in [0.2, 0.25) is 19.6 Å². The van der Waals surface area contributed by atoms with Crippen LogP contribution in [0.25, 0.3) is 11.3 Å². The van der Waals surface area contributed by atoms with Gasteiger partial charge in [-0.3, -0.25) is 4.98 Å². The molecule has 0 aliphatic heterocycles. The van der Waals surface area contributed by atoms with Gasteiger partial charge in [0.25, 0.3) is 0 Å². The summed E-state index contributed by atoms with van der Waals surface area (Å²) in [4.78, 5) is 4.75. The summed E-state index contributed by atoms with van der Waals surface area (Å²) >= 11 is 0. The molecule has 0 fully saturated rings. The molecule has 0 bridgehead atoms. The van der Waals surface area contributed by atoms with Gasteiger partial charge in [0, 0.05) is 17.2 Å². The van der Waals surface area contributed by atoms with Crippen molar-refractivity contribution in [1.29, 1.82) is 0 Å². The lowest BCUT2D eigenvalue weighted by Crippen LogP contribution is -2.37. The molecule has 0 unspecified atom stereocenters. The summed E-state index contributed by atoms with van der Waals surface area (Å²) in [6.45, 7) is 11.6. The average molecular weight is 346 g/mol. The molecule has 0 atom stereocenters. The van der Waals surface area contributed by atoms with Crippen LogP contribution in [-0.4, -0.2) is 13.1 Å². The first-order chi connectivity index (χ1) is 11.8. The van der Waals surface area contributed by atoms with Gasteiger partial charge in [-0.15, -0.1) is 0 Å². The maximum Gasteiger partial charge on any atom is 0.0796 e. The number of aromatic nitrogens is 1. The van der Waals surface area contributed by atoms with Gasteiger partial charge in [-0.05, 0) is 28.4 Å². The van der Waals surface area contributed by atoms with Crippen molar-refractivity contribution in [3.8, 4) is 11.3 Å². The topological polar surface area (TPSA) is 12.9 Å². The molecule has 2 heteroatoms. The number of pyridine rings is 1. The summed E-state index contributed by atoms with van der Waals surface area (Å²) in [5, 5.41) is 1.40. The highest BCUT2D eigenvalue weighted by Gasteiger charge is 2.23. The molecule has 1 heterocycles. The third-order valence-electron chi connectivity index (χ3n) is 5.01. The lowest BCUT2D eigenvalue weighted by atomic mass is 9.77. The Morgan fingerprint density at radius 3 is 2.04 bits per heavy atom. The Labute approximate surface area is 152 Å². The summed E-state index contributed by atoms with van der Waals surface area (Å²) in [7, 11) is -1.30. The third-order valence-corrected chi connectivity index (χ3v) is 7.03. The number of nitrogens with zero attached hydrogens (tertiary/aromatic N) is 1. The minimum absolute atomic E-state index is 0.0322. The second-order valence-electron chi connectivity index (χ2n) is 8.25. The summed E-state index contributed by atoms with van der Waals surface area (Å²) < 4.78 is 0. The standard InChI is InChI=1S/C23H27NSi/c1-23(2,19-11-7-6-8-12-19)20-13-9-10-18(16-20)22-15-14-21(17-24-22)25(3,4)5/h6-17H,1-5H3. The van der Waals surface area contributed by atoms with Crippen molar-refractivity contribution in [2.24, 2.45) is 0 Å². The van der Waals surface area contributed by atoms with E-state index in [0.29, 0.717) is 0 Å². The van der Waals surface area contributed by atoms with E-state index in [4.69, 9.17) is 4.98 Å². The van der Waals surface area contributed by atoms with Crippen molar-refractivity contribution < 1.29 is 0 Å². The summed E-state index contributed by atoms with van der Waals surface area (Å²) in [6, 6.07) is 23.9. The molecule has 1 nitrogen and oxygen atoms in total. The third kappa shape index (κ3) is 3.74. The Balaban J connectivity index is 1.97. The van der Waals surface area contributed by atoms with E-state index in [2.05, 4.69) is 106 Å². The minimum atomic E-state index is -1.30.